The second-order valence-corrected chi connectivity index (χ2v) is 5.40. The summed E-state index contributed by atoms with van der Waals surface area (Å²) in [7, 11) is 3.81. The molecule has 6 heteroatoms. The van der Waals surface area contributed by atoms with Crippen molar-refractivity contribution in [2.45, 2.75) is 0 Å². The molecule has 0 fully saturated rings. The van der Waals surface area contributed by atoms with Gasteiger partial charge in [0.2, 0.25) is 0 Å². The van der Waals surface area contributed by atoms with Gasteiger partial charge in [-0.2, -0.15) is 0 Å². The number of carbonyl (C=O) groups excluding carboxylic acids is 1. The summed E-state index contributed by atoms with van der Waals surface area (Å²) in [5.74, 6) is 0.570. The normalized spacial score (nSPS) is 10.2. The first-order valence-corrected chi connectivity index (χ1v) is 6.76. The fourth-order valence-electron chi connectivity index (χ4n) is 1.66. The topological polar surface area (TPSA) is 71.2 Å². The zero-order chi connectivity index (χ0) is 14.7. The average molecular weight is 335 g/mol. The van der Waals surface area contributed by atoms with Gasteiger partial charge in [0, 0.05) is 24.3 Å². The van der Waals surface area contributed by atoms with E-state index in [0.717, 1.165) is 10.3 Å². The van der Waals surface area contributed by atoms with Gasteiger partial charge in [-0.05, 0) is 30.3 Å². The van der Waals surface area contributed by atoms with Crippen molar-refractivity contribution in [1.29, 1.82) is 0 Å². The molecule has 1 amide bonds. The van der Waals surface area contributed by atoms with E-state index in [2.05, 4.69) is 26.2 Å². The van der Waals surface area contributed by atoms with Crippen LogP contribution in [0, 0.1) is 0 Å². The van der Waals surface area contributed by atoms with E-state index in [1.807, 2.05) is 25.1 Å². The molecule has 2 rings (SSSR count). The van der Waals surface area contributed by atoms with E-state index in [1.54, 1.807) is 30.5 Å². The third-order valence-electron chi connectivity index (χ3n) is 2.72. The molecule has 2 aromatic rings. The molecule has 0 aliphatic rings. The Morgan fingerprint density at radius 2 is 2.05 bits per heavy atom. The number of amides is 1. The number of nitrogen functional groups attached to an aromatic ring is 1. The maximum Gasteiger partial charge on any atom is 0.257 e. The van der Waals surface area contributed by atoms with E-state index in [-0.39, 0.29) is 5.91 Å². The lowest BCUT2D eigenvalue weighted by Gasteiger charge is -2.12. The highest BCUT2D eigenvalue weighted by Gasteiger charge is 2.10. The molecule has 0 aliphatic carbocycles. The third-order valence-corrected chi connectivity index (χ3v) is 3.22. The molecule has 1 aromatic heterocycles. The van der Waals surface area contributed by atoms with Gasteiger partial charge in [0.1, 0.15) is 5.82 Å². The maximum absolute atomic E-state index is 12.1. The van der Waals surface area contributed by atoms with Crippen LogP contribution in [0.15, 0.2) is 41.0 Å². The number of rotatable bonds is 3. The predicted octanol–water partition coefficient (Wildman–Crippen LogP) is 2.74. The number of nitrogens with one attached hydrogen (secondary N) is 1. The number of nitrogens with zero attached hydrogens (tertiary/aromatic N) is 2. The molecule has 0 spiro atoms. The zero-order valence-electron chi connectivity index (χ0n) is 11.2. The Morgan fingerprint density at radius 1 is 1.30 bits per heavy atom. The predicted molar refractivity (Wildman–Crippen MR) is 85.1 cm³/mol. The number of aromatic nitrogens is 1. The molecule has 0 atom stereocenters. The molecule has 0 bridgehead atoms. The molecule has 0 saturated carbocycles. The minimum absolute atomic E-state index is 0.255. The molecule has 1 aromatic carbocycles. The van der Waals surface area contributed by atoms with Crippen molar-refractivity contribution in [3.8, 4) is 0 Å². The van der Waals surface area contributed by atoms with E-state index in [9.17, 15) is 4.79 Å². The standard InChI is InChI=1S/C14H15BrN4O/c1-19(2)13-6-4-10(8-17-13)18-14(20)11-5-3-9(15)7-12(11)16/h3-8H,16H2,1-2H3,(H,18,20). The average Bonchev–Trinajstić information content (AvgIpc) is 2.39. The van der Waals surface area contributed by atoms with Crippen LogP contribution in [0.25, 0.3) is 0 Å². The Bertz CT molecular complexity index is 626. The molecule has 1 heterocycles. The van der Waals surface area contributed by atoms with Crippen LogP contribution in [0.1, 0.15) is 10.4 Å². The Hall–Kier alpha value is -2.08. The van der Waals surface area contributed by atoms with Gasteiger partial charge in [0.15, 0.2) is 0 Å². The quantitative estimate of drug-likeness (QED) is 0.846. The second kappa shape index (κ2) is 5.92. The van der Waals surface area contributed by atoms with Gasteiger partial charge >= 0.3 is 0 Å². The Balaban J connectivity index is 2.15. The summed E-state index contributed by atoms with van der Waals surface area (Å²) in [5, 5.41) is 2.77. The van der Waals surface area contributed by atoms with E-state index in [0.29, 0.717) is 16.9 Å². The summed E-state index contributed by atoms with van der Waals surface area (Å²) in [6.07, 6.45) is 1.61. The zero-order valence-corrected chi connectivity index (χ0v) is 12.8. The van der Waals surface area contributed by atoms with Gasteiger partial charge in [-0.25, -0.2) is 4.98 Å². The van der Waals surface area contributed by atoms with Gasteiger partial charge < -0.3 is 16.0 Å². The third kappa shape index (κ3) is 3.27. The van der Waals surface area contributed by atoms with Gasteiger partial charge in [0.25, 0.3) is 5.91 Å². The van der Waals surface area contributed by atoms with Crippen molar-refractivity contribution in [2.75, 3.05) is 30.0 Å². The number of anilines is 3. The minimum atomic E-state index is -0.255. The van der Waals surface area contributed by atoms with Gasteiger partial charge in [-0.15, -0.1) is 0 Å². The summed E-state index contributed by atoms with van der Waals surface area (Å²) < 4.78 is 0.837. The SMILES string of the molecule is CN(C)c1ccc(NC(=O)c2ccc(Br)cc2N)cn1. The number of nitrogens with two attached hydrogens (primary N) is 1. The first-order chi connectivity index (χ1) is 9.47. The van der Waals surface area contributed by atoms with Crippen molar-refractivity contribution >= 4 is 39.0 Å². The monoisotopic (exact) mass is 334 g/mol. The van der Waals surface area contributed by atoms with Crippen LogP contribution < -0.4 is 16.0 Å². The van der Waals surface area contributed by atoms with Crippen molar-refractivity contribution in [3.63, 3.8) is 0 Å². The van der Waals surface area contributed by atoms with Crippen molar-refractivity contribution in [2.24, 2.45) is 0 Å². The van der Waals surface area contributed by atoms with E-state index in [1.165, 1.54) is 0 Å². The van der Waals surface area contributed by atoms with Crippen LogP contribution in [-0.2, 0) is 0 Å². The summed E-state index contributed by atoms with van der Waals surface area (Å²) in [6, 6.07) is 8.78. The van der Waals surface area contributed by atoms with Crippen LogP contribution in [-0.4, -0.2) is 25.0 Å². The van der Waals surface area contributed by atoms with E-state index >= 15 is 0 Å². The lowest BCUT2D eigenvalue weighted by molar-refractivity contribution is 0.102. The van der Waals surface area contributed by atoms with Gasteiger partial charge in [-0.3, -0.25) is 4.79 Å². The molecular weight excluding hydrogens is 320 g/mol. The lowest BCUT2D eigenvalue weighted by Crippen LogP contribution is -2.15. The Kier molecular flexibility index (Phi) is 4.24. The molecule has 3 N–H and O–H groups in total. The number of pyridine rings is 1. The number of carbonyl (C=O) groups is 1. The molecule has 20 heavy (non-hydrogen) atoms. The molecule has 104 valence electrons. The van der Waals surface area contributed by atoms with Crippen LogP contribution in [0.4, 0.5) is 17.2 Å². The number of halogens is 1. The maximum atomic E-state index is 12.1. The molecule has 5 nitrogen and oxygen atoms in total. The van der Waals surface area contributed by atoms with Crippen LogP contribution in [0.2, 0.25) is 0 Å². The lowest BCUT2D eigenvalue weighted by atomic mass is 10.1. The van der Waals surface area contributed by atoms with Gasteiger partial charge in [-0.1, -0.05) is 15.9 Å². The molecule has 0 aliphatic heterocycles. The number of hydrogen-bond donors (Lipinski definition) is 2. The Labute approximate surface area is 125 Å². The van der Waals surface area contributed by atoms with E-state index in [4.69, 9.17) is 5.73 Å². The molecule has 0 unspecified atom stereocenters. The highest BCUT2D eigenvalue weighted by Crippen LogP contribution is 2.20. The fourth-order valence-corrected chi connectivity index (χ4v) is 2.04. The van der Waals surface area contributed by atoms with Crippen molar-refractivity contribution in [1.82, 2.24) is 4.98 Å². The molecule has 0 saturated heterocycles. The molecule has 0 radical (unpaired) electrons. The number of hydrogen-bond acceptors (Lipinski definition) is 4. The largest absolute Gasteiger partial charge is 0.398 e. The fraction of sp³-hybridized carbons (Fsp3) is 0.143. The van der Waals surface area contributed by atoms with Crippen molar-refractivity contribution < 1.29 is 4.79 Å². The van der Waals surface area contributed by atoms with Gasteiger partial charge in [0.05, 0.1) is 17.4 Å². The molecular formula is C14H15BrN4O. The highest BCUT2D eigenvalue weighted by molar-refractivity contribution is 9.10. The smallest absolute Gasteiger partial charge is 0.257 e. The summed E-state index contributed by atoms with van der Waals surface area (Å²) >= 11 is 3.31. The van der Waals surface area contributed by atoms with Crippen LogP contribution in [0.3, 0.4) is 0 Å². The summed E-state index contributed by atoms with van der Waals surface area (Å²) in [6.45, 7) is 0. The minimum Gasteiger partial charge on any atom is -0.398 e. The Morgan fingerprint density at radius 3 is 2.60 bits per heavy atom. The van der Waals surface area contributed by atoms with Crippen molar-refractivity contribution in [3.05, 3.63) is 46.6 Å². The first-order valence-electron chi connectivity index (χ1n) is 5.97. The highest BCUT2D eigenvalue weighted by atomic mass is 79.9. The first kappa shape index (κ1) is 14.3. The van der Waals surface area contributed by atoms with E-state index < -0.39 is 0 Å². The second-order valence-electron chi connectivity index (χ2n) is 4.49. The number of benzene rings is 1. The summed E-state index contributed by atoms with van der Waals surface area (Å²) in [4.78, 5) is 18.2. The summed E-state index contributed by atoms with van der Waals surface area (Å²) in [5.41, 5.74) is 7.32. The van der Waals surface area contributed by atoms with Crippen LogP contribution in [0.5, 0.6) is 0 Å². The van der Waals surface area contributed by atoms with Crippen LogP contribution >= 0.6 is 15.9 Å².